The molecule has 0 amide bonds. The van der Waals surface area contributed by atoms with Gasteiger partial charge in [0.1, 0.15) is 5.82 Å². The van der Waals surface area contributed by atoms with Crippen molar-refractivity contribution in [1.29, 1.82) is 0 Å². The molecule has 0 radical (unpaired) electrons. The van der Waals surface area contributed by atoms with E-state index in [1.165, 1.54) is 18.5 Å². The third-order valence-corrected chi connectivity index (χ3v) is 5.03. The Bertz CT molecular complexity index is 615. The largest absolute Gasteiger partial charge is 0.371 e. The maximum Gasteiger partial charge on any atom is 0.124 e. The first-order chi connectivity index (χ1) is 11.4. The maximum absolute atomic E-state index is 4.37. The van der Waals surface area contributed by atoms with Gasteiger partial charge in [0.15, 0.2) is 0 Å². The summed E-state index contributed by atoms with van der Waals surface area (Å²) < 4.78 is 2.08. The van der Waals surface area contributed by atoms with Gasteiger partial charge in [-0.3, -0.25) is 0 Å². The molecule has 4 rings (SSSR count). The predicted molar refractivity (Wildman–Crippen MR) is 93.9 cm³/mol. The van der Waals surface area contributed by atoms with Crippen LogP contribution in [0.25, 0.3) is 0 Å². The number of aromatic nitrogens is 2. The lowest BCUT2D eigenvalue weighted by Crippen LogP contribution is -2.45. The van der Waals surface area contributed by atoms with E-state index in [0.717, 1.165) is 38.5 Å². The van der Waals surface area contributed by atoms with Crippen molar-refractivity contribution in [2.45, 2.75) is 25.4 Å². The highest BCUT2D eigenvalue weighted by atomic mass is 15.3. The van der Waals surface area contributed by atoms with Gasteiger partial charge in [-0.25, -0.2) is 4.68 Å². The van der Waals surface area contributed by atoms with Gasteiger partial charge in [-0.1, -0.05) is 18.2 Å². The number of benzene rings is 1. The molecule has 5 nitrogen and oxygen atoms in total. The number of anilines is 2. The average molecular weight is 311 g/mol. The van der Waals surface area contributed by atoms with E-state index in [9.17, 15) is 0 Å². The van der Waals surface area contributed by atoms with Gasteiger partial charge in [0.2, 0.25) is 0 Å². The summed E-state index contributed by atoms with van der Waals surface area (Å²) in [6.07, 6.45) is 4.32. The fraction of sp³-hybridized carbons (Fsp3) is 0.500. The van der Waals surface area contributed by atoms with Gasteiger partial charge < -0.3 is 15.5 Å². The SMILES string of the molecule is c1ccc(N2CCC(NC[C@@H]3CNc4ccnn4C3)CC2)cc1. The minimum absolute atomic E-state index is 0.620. The highest BCUT2D eigenvalue weighted by molar-refractivity contribution is 5.46. The molecule has 3 heterocycles. The monoisotopic (exact) mass is 311 g/mol. The van der Waals surface area contributed by atoms with Crippen molar-refractivity contribution in [3.05, 3.63) is 42.6 Å². The average Bonchev–Trinajstić information content (AvgIpc) is 3.09. The first-order valence-electron chi connectivity index (χ1n) is 8.67. The Morgan fingerprint density at radius 2 is 1.96 bits per heavy atom. The van der Waals surface area contributed by atoms with Gasteiger partial charge in [0, 0.05) is 56.4 Å². The van der Waals surface area contributed by atoms with Crippen molar-refractivity contribution < 1.29 is 0 Å². The summed E-state index contributed by atoms with van der Waals surface area (Å²) in [5.41, 5.74) is 1.36. The van der Waals surface area contributed by atoms with Gasteiger partial charge >= 0.3 is 0 Å². The number of rotatable bonds is 4. The molecule has 0 unspecified atom stereocenters. The second kappa shape index (κ2) is 6.62. The number of piperidine rings is 1. The number of hydrogen-bond donors (Lipinski definition) is 2. The topological polar surface area (TPSA) is 45.1 Å². The predicted octanol–water partition coefficient (Wildman–Crippen LogP) is 2.18. The maximum atomic E-state index is 4.37. The van der Waals surface area contributed by atoms with Crippen molar-refractivity contribution >= 4 is 11.5 Å². The minimum atomic E-state index is 0.620. The zero-order chi connectivity index (χ0) is 15.5. The van der Waals surface area contributed by atoms with Crippen molar-refractivity contribution in [2.75, 3.05) is 36.4 Å². The van der Waals surface area contributed by atoms with Gasteiger partial charge in [0.05, 0.1) is 6.20 Å². The number of nitrogens with one attached hydrogen (secondary N) is 2. The van der Waals surface area contributed by atoms with E-state index >= 15 is 0 Å². The van der Waals surface area contributed by atoms with E-state index in [-0.39, 0.29) is 0 Å². The Hall–Kier alpha value is -2.01. The van der Waals surface area contributed by atoms with Crippen LogP contribution in [0, 0.1) is 5.92 Å². The number of fused-ring (bicyclic) bond motifs is 1. The molecule has 1 aromatic heterocycles. The summed E-state index contributed by atoms with van der Waals surface area (Å²) in [5, 5.41) is 11.6. The molecule has 23 heavy (non-hydrogen) atoms. The number of nitrogens with zero attached hydrogens (tertiary/aromatic N) is 3. The molecule has 0 saturated carbocycles. The summed E-state index contributed by atoms with van der Waals surface area (Å²) in [4.78, 5) is 2.50. The zero-order valence-electron chi connectivity index (χ0n) is 13.5. The van der Waals surface area contributed by atoms with Gasteiger partial charge in [-0.05, 0) is 25.0 Å². The quantitative estimate of drug-likeness (QED) is 0.908. The van der Waals surface area contributed by atoms with Gasteiger partial charge in [0.25, 0.3) is 0 Å². The van der Waals surface area contributed by atoms with Crippen molar-refractivity contribution in [3.63, 3.8) is 0 Å². The molecule has 0 spiro atoms. The first-order valence-corrected chi connectivity index (χ1v) is 8.67. The minimum Gasteiger partial charge on any atom is -0.371 e. The fourth-order valence-corrected chi connectivity index (χ4v) is 3.64. The van der Waals surface area contributed by atoms with E-state index < -0.39 is 0 Å². The molecular weight excluding hydrogens is 286 g/mol. The molecule has 1 saturated heterocycles. The lowest BCUT2D eigenvalue weighted by molar-refractivity contribution is 0.342. The van der Waals surface area contributed by atoms with E-state index in [1.54, 1.807) is 0 Å². The van der Waals surface area contributed by atoms with Crippen LogP contribution in [-0.2, 0) is 6.54 Å². The van der Waals surface area contributed by atoms with Crippen LogP contribution in [0.4, 0.5) is 11.5 Å². The highest BCUT2D eigenvalue weighted by Gasteiger charge is 2.22. The Morgan fingerprint density at radius 3 is 2.78 bits per heavy atom. The summed E-state index contributed by atoms with van der Waals surface area (Å²) in [6, 6.07) is 13.4. The van der Waals surface area contributed by atoms with Crippen LogP contribution >= 0.6 is 0 Å². The highest BCUT2D eigenvalue weighted by Crippen LogP contribution is 2.20. The van der Waals surface area contributed by atoms with Crippen molar-refractivity contribution in [2.24, 2.45) is 5.92 Å². The lowest BCUT2D eigenvalue weighted by atomic mass is 10.0. The normalized spacial score (nSPS) is 21.7. The van der Waals surface area contributed by atoms with Gasteiger partial charge in [-0.15, -0.1) is 0 Å². The molecule has 2 N–H and O–H groups in total. The summed E-state index contributed by atoms with van der Waals surface area (Å²) in [5.74, 6) is 1.77. The van der Waals surface area contributed by atoms with E-state index in [2.05, 4.69) is 55.6 Å². The molecule has 0 bridgehead atoms. The fourth-order valence-electron chi connectivity index (χ4n) is 3.64. The van der Waals surface area contributed by atoms with Crippen LogP contribution in [-0.4, -0.2) is 42.0 Å². The molecule has 0 aliphatic carbocycles. The van der Waals surface area contributed by atoms with Crippen LogP contribution in [0.3, 0.4) is 0 Å². The third-order valence-electron chi connectivity index (χ3n) is 5.03. The van der Waals surface area contributed by atoms with Crippen LogP contribution in [0.2, 0.25) is 0 Å². The van der Waals surface area contributed by atoms with E-state index in [1.807, 2.05) is 12.3 Å². The Balaban J connectivity index is 1.23. The second-order valence-electron chi connectivity index (χ2n) is 6.65. The first kappa shape index (κ1) is 14.6. The van der Waals surface area contributed by atoms with Crippen LogP contribution in [0.1, 0.15) is 12.8 Å². The molecule has 2 aliphatic rings. The number of para-hydroxylation sites is 1. The zero-order valence-corrected chi connectivity index (χ0v) is 13.5. The molecule has 2 aromatic rings. The Labute approximate surface area is 137 Å². The summed E-state index contributed by atoms with van der Waals surface area (Å²) >= 11 is 0. The molecule has 1 atom stereocenters. The van der Waals surface area contributed by atoms with Crippen molar-refractivity contribution in [1.82, 2.24) is 15.1 Å². The molecule has 122 valence electrons. The van der Waals surface area contributed by atoms with Crippen molar-refractivity contribution in [3.8, 4) is 0 Å². The van der Waals surface area contributed by atoms with E-state index in [0.29, 0.717) is 12.0 Å². The molecule has 5 heteroatoms. The third kappa shape index (κ3) is 3.34. The molecule has 1 fully saturated rings. The molecule has 2 aliphatic heterocycles. The van der Waals surface area contributed by atoms with Gasteiger partial charge in [-0.2, -0.15) is 5.10 Å². The Morgan fingerprint density at radius 1 is 1.13 bits per heavy atom. The van der Waals surface area contributed by atoms with Crippen LogP contribution in [0.15, 0.2) is 42.6 Å². The summed E-state index contributed by atoms with van der Waals surface area (Å²) in [7, 11) is 0. The molecule has 1 aromatic carbocycles. The van der Waals surface area contributed by atoms with E-state index in [4.69, 9.17) is 0 Å². The molecular formula is C18H25N5. The smallest absolute Gasteiger partial charge is 0.124 e. The Kier molecular flexibility index (Phi) is 4.20. The lowest BCUT2D eigenvalue weighted by Gasteiger charge is -2.35. The standard InChI is InChI=1S/C18H25N5/c1-2-4-17(5-3-1)22-10-7-16(8-11-22)19-12-15-13-20-18-6-9-21-23(18)14-15/h1-6,9,15-16,19-20H,7-8,10-14H2/t15-/m1/s1. The second-order valence-corrected chi connectivity index (χ2v) is 6.65. The van der Waals surface area contributed by atoms with Crippen LogP contribution in [0.5, 0.6) is 0 Å². The number of hydrogen-bond acceptors (Lipinski definition) is 4. The summed E-state index contributed by atoms with van der Waals surface area (Å²) in [6.45, 7) is 5.43. The van der Waals surface area contributed by atoms with Crippen LogP contribution < -0.4 is 15.5 Å².